The van der Waals surface area contributed by atoms with Gasteiger partial charge in [0.25, 0.3) is 0 Å². The topological polar surface area (TPSA) is 105 Å². The van der Waals surface area contributed by atoms with Crippen LogP contribution >= 0.6 is 11.6 Å². The van der Waals surface area contributed by atoms with Gasteiger partial charge in [0.15, 0.2) is 11.5 Å². The molecular weight excluding hydrogens is 506 g/mol. The van der Waals surface area contributed by atoms with Gasteiger partial charge < -0.3 is 19.7 Å². The first-order chi connectivity index (χ1) is 17.0. The molecular formula is C25H32ClN3O6S. The molecule has 9 nitrogen and oxygen atoms in total. The van der Waals surface area contributed by atoms with Gasteiger partial charge in [0.1, 0.15) is 12.6 Å². The van der Waals surface area contributed by atoms with Crippen molar-refractivity contribution in [2.24, 2.45) is 5.92 Å². The number of benzene rings is 2. The van der Waals surface area contributed by atoms with Crippen LogP contribution < -0.4 is 19.1 Å². The number of hydrogen-bond donors (Lipinski definition) is 1. The number of amides is 2. The molecule has 2 amide bonds. The number of nitrogens with one attached hydrogen (secondary N) is 1. The normalized spacial score (nSPS) is 13.4. The van der Waals surface area contributed by atoms with Crippen LogP contribution in [0.1, 0.15) is 32.8 Å². The van der Waals surface area contributed by atoms with Crippen LogP contribution in [-0.4, -0.2) is 57.3 Å². The van der Waals surface area contributed by atoms with Crippen molar-refractivity contribution in [1.29, 1.82) is 0 Å². The Hall–Kier alpha value is -2.98. The zero-order valence-corrected chi connectivity index (χ0v) is 22.4. The van der Waals surface area contributed by atoms with Gasteiger partial charge in [0.05, 0.1) is 11.9 Å². The van der Waals surface area contributed by atoms with Crippen molar-refractivity contribution >= 4 is 39.1 Å². The summed E-state index contributed by atoms with van der Waals surface area (Å²) < 4.78 is 37.1. The van der Waals surface area contributed by atoms with Gasteiger partial charge >= 0.3 is 0 Å². The molecule has 1 unspecified atom stereocenters. The summed E-state index contributed by atoms with van der Waals surface area (Å²) in [5, 5.41) is 3.44. The number of carbonyl (C=O) groups excluding carboxylic acids is 2. The van der Waals surface area contributed by atoms with E-state index >= 15 is 0 Å². The van der Waals surface area contributed by atoms with Crippen LogP contribution in [0.5, 0.6) is 11.5 Å². The third-order valence-corrected chi connectivity index (χ3v) is 7.05. The maximum absolute atomic E-state index is 13.7. The molecule has 1 aliphatic rings. The largest absolute Gasteiger partial charge is 0.454 e. The quantitative estimate of drug-likeness (QED) is 0.471. The minimum atomic E-state index is -3.85. The predicted molar refractivity (Wildman–Crippen MR) is 139 cm³/mol. The van der Waals surface area contributed by atoms with Crippen molar-refractivity contribution < 1.29 is 27.5 Å². The van der Waals surface area contributed by atoms with Gasteiger partial charge in [-0.1, -0.05) is 44.5 Å². The molecule has 0 saturated heterocycles. The Morgan fingerprint density at radius 2 is 1.75 bits per heavy atom. The van der Waals surface area contributed by atoms with E-state index in [-0.39, 0.29) is 30.9 Å². The van der Waals surface area contributed by atoms with Crippen molar-refractivity contribution in [3.63, 3.8) is 0 Å². The van der Waals surface area contributed by atoms with Gasteiger partial charge in [0.2, 0.25) is 28.6 Å². The lowest BCUT2D eigenvalue weighted by atomic mass is 10.1. The van der Waals surface area contributed by atoms with Crippen LogP contribution in [0.3, 0.4) is 0 Å². The summed E-state index contributed by atoms with van der Waals surface area (Å²) in [6.45, 7) is 5.90. The molecule has 0 aromatic heterocycles. The molecule has 1 atom stereocenters. The van der Waals surface area contributed by atoms with Crippen LogP contribution in [-0.2, 0) is 26.2 Å². The highest BCUT2D eigenvalue weighted by atomic mass is 35.5. The van der Waals surface area contributed by atoms with E-state index < -0.39 is 28.5 Å². The molecule has 0 bridgehead atoms. The van der Waals surface area contributed by atoms with E-state index in [4.69, 9.17) is 21.1 Å². The number of fused-ring (bicyclic) bond motifs is 1. The van der Waals surface area contributed by atoms with Crippen molar-refractivity contribution in [1.82, 2.24) is 10.2 Å². The van der Waals surface area contributed by atoms with E-state index in [1.165, 1.54) is 11.0 Å². The van der Waals surface area contributed by atoms with E-state index in [1.807, 2.05) is 20.8 Å². The molecule has 1 aliphatic heterocycles. The average molecular weight is 538 g/mol. The van der Waals surface area contributed by atoms with Crippen LogP contribution in [0.15, 0.2) is 42.5 Å². The van der Waals surface area contributed by atoms with Crippen LogP contribution in [0.4, 0.5) is 5.69 Å². The molecule has 2 aromatic carbocycles. The average Bonchev–Trinajstić information content (AvgIpc) is 3.29. The van der Waals surface area contributed by atoms with Crippen molar-refractivity contribution in [3.8, 4) is 11.5 Å². The SMILES string of the molecule is CCC(C(=O)NCC(C)C)N(Cc1ccc(Cl)cc1)C(=O)CN(c1ccc2c(c1)OCO2)S(C)(=O)=O. The Morgan fingerprint density at radius 1 is 1.08 bits per heavy atom. The van der Waals surface area contributed by atoms with Crippen LogP contribution in [0.2, 0.25) is 5.02 Å². The van der Waals surface area contributed by atoms with Gasteiger partial charge in [-0.15, -0.1) is 0 Å². The molecule has 0 saturated carbocycles. The minimum absolute atomic E-state index is 0.0368. The molecule has 2 aromatic rings. The second-order valence-electron chi connectivity index (χ2n) is 9.02. The highest BCUT2D eigenvalue weighted by molar-refractivity contribution is 7.92. The Bertz CT molecular complexity index is 1190. The number of halogens is 1. The summed E-state index contributed by atoms with van der Waals surface area (Å²) in [6, 6.07) is 10.8. The van der Waals surface area contributed by atoms with Gasteiger partial charge in [-0.3, -0.25) is 13.9 Å². The van der Waals surface area contributed by atoms with Gasteiger partial charge in [-0.25, -0.2) is 8.42 Å². The number of sulfonamides is 1. The first-order valence-electron chi connectivity index (χ1n) is 11.7. The van der Waals surface area contributed by atoms with Crippen molar-refractivity contribution in [2.45, 2.75) is 39.8 Å². The van der Waals surface area contributed by atoms with E-state index in [0.717, 1.165) is 16.1 Å². The third kappa shape index (κ3) is 7.04. The molecule has 0 radical (unpaired) electrons. The zero-order chi connectivity index (χ0) is 26.5. The van der Waals surface area contributed by atoms with Crippen LogP contribution in [0.25, 0.3) is 0 Å². The summed E-state index contributed by atoms with van der Waals surface area (Å²) in [4.78, 5) is 28.2. The first-order valence-corrected chi connectivity index (χ1v) is 13.9. The lowest BCUT2D eigenvalue weighted by Crippen LogP contribution is -2.52. The molecule has 0 spiro atoms. The fourth-order valence-corrected chi connectivity index (χ4v) is 4.75. The van der Waals surface area contributed by atoms with E-state index in [0.29, 0.717) is 29.5 Å². The number of carbonyl (C=O) groups is 2. The Morgan fingerprint density at radius 3 is 2.36 bits per heavy atom. The number of hydrogen-bond acceptors (Lipinski definition) is 6. The number of rotatable bonds is 11. The highest BCUT2D eigenvalue weighted by Gasteiger charge is 2.32. The second-order valence-corrected chi connectivity index (χ2v) is 11.4. The standard InChI is InChI=1S/C25H32ClN3O6S/c1-5-21(25(31)27-13-17(2)3)28(14-18-6-8-19(26)9-7-18)24(30)15-29(36(4,32)33)20-10-11-22-23(12-20)35-16-34-22/h6-12,17,21H,5,13-16H2,1-4H3,(H,27,31). The van der Waals surface area contributed by atoms with E-state index in [2.05, 4.69) is 5.32 Å². The Balaban J connectivity index is 1.92. The molecule has 196 valence electrons. The molecule has 11 heteroatoms. The molecule has 36 heavy (non-hydrogen) atoms. The van der Waals surface area contributed by atoms with Gasteiger partial charge in [-0.05, 0) is 42.2 Å². The minimum Gasteiger partial charge on any atom is -0.454 e. The van der Waals surface area contributed by atoms with Crippen molar-refractivity contribution in [2.75, 3.05) is 30.4 Å². The number of nitrogens with zero attached hydrogens (tertiary/aromatic N) is 2. The second kappa shape index (κ2) is 11.8. The zero-order valence-electron chi connectivity index (χ0n) is 20.9. The Kier molecular flexibility index (Phi) is 9.08. The van der Waals surface area contributed by atoms with Gasteiger partial charge in [0, 0.05) is 24.2 Å². The molecule has 0 fully saturated rings. The summed E-state index contributed by atoms with van der Waals surface area (Å²) in [5.41, 5.74) is 1.02. The molecule has 0 aliphatic carbocycles. The molecule has 3 rings (SSSR count). The maximum atomic E-state index is 13.7. The fraction of sp³-hybridized carbons (Fsp3) is 0.440. The Labute approximate surface area is 217 Å². The molecule has 1 heterocycles. The maximum Gasteiger partial charge on any atom is 0.244 e. The monoisotopic (exact) mass is 537 g/mol. The van der Waals surface area contributed by atoms with E-state index in [1.54, 1.807) is 36.4 Å². The van der Waals surface area contributed by atoms with Gasteiger partial charge in [-0.2, -0.15) is 0 Å². The lowest BCUT2D eigenvalue weighted by Gasteiger charge is -2.33. The van der Waals surface area contributed by atoms with Crippen molar-refractivity contribution in [3.05, 3.63) is 53.1 Å². The molecule has 1 N–H and O–H groups in total. The first kappa shape index (κ1) is 27.6. The summed E-state index contributed by atoms with van der Waals surface area (Å²) in [6.07, 6.45) is 1.38. The number of ether oxygens (including phenoxy) is 2. The van der Waals surface area contributed by atoms with Crippen LogP contribution in [0, 0.1) is 5.92 Å². The predicted octanol–water partition coefficient (Wildman–Crippen LogP) is 3.41. The third-order valence-electron chi connectivity index (χ3n) is 5.66. The lowest BCUT2D eigenvalue weighted by molar-refractivity contribution is -0.140. The highest BCUT2D eigenvalue weighted by Crippen LogP contribution is 2.36. The summed E-state index contributed by atoms with van der Waals surface area (Å²) in [5.74, 6) is 0.322. The number of anilines is 1. The summed E-state index contributed by atoms with van der Waals surface area (Å²) in [7, 11) is -3.85. The fourth-order valence-electron chi connectivity index (χ4n) is 3.78. The summed E-state index contributed by atoms with van der Waals surface area (Å²) >= 11 is 6.01. The smallest absolute Gasteiger partial charge is 0.244 e. The van der Waals surface area contributed by atoms with E-state index in [9.17, 15) is 18.0 Å².